The van der Waals surface area contributed by atoms with Crippen LogP contribution in [0.4, 0.5) is 4.39 Å². The minimum atomic E-state index is -0.314. The molecule has 1 aliphatic rings. The van der Waals surface area contributed by atoms with E-state index in [1.54, 1.807) is 30.6 Å². The summed E-state index contributed by atoms with van der Waals surface area (Å²) in [6.07, 6.45) is 6.83. The van der Waals surface area contributed by atoms with Gasteiger partial charge >= 0.3 is 0 Å². The van der Waals surface area contributed by atoms with Crippen LogP contribution in [0.2, 0.25) is 0 Å². The summed E-state index contributed by atoms with van der Waals surface area (Å²) in [5.41, 5.74) is 3.56. The maximum absolute atomic E-state index is 14.1. The maximum atomic E-state index is 14.1. The Kier molecular flexibility index (Phi) is 5.41. The zero-order chi connectivity index (χ0) is 22.1. The van der Waals surface area contributed by atoms with E-state index in [1.165, 1.54) is 6.07 Å². The summed E-state index contributed by atoms with van der Waals surface area (Å²) in [5.74, 6) is 0.0523. The van der Waals surface area contributed by atoms with Gasteiger partial charge in [-0.15, -0.1) is 0 Å². The largest absolute Gasteiger partial charge is 0.381 e. The lowest BCUT2D eigenvalue weighted by Gasteiger charge is -2.23. The monoisotopic (exact) mass is 430 g/mol. The lowest BCUT2D eigenvalue weighted by molar-refractivity contribution is 0.0696. The molecule has 0 bridgehead atoms. The van der Waals surface area contributed by atoms with E-state index < -0.39 is 0 Å². The standard InChI is InChI=1S/C25H23FN4O2/c1-16-15-30(25-27-13-18(14-28-25)21-4-2-3-5-22(21)26)23-12-17(6-7-20(16)23)24(31)29-19-8-10-32-11-9-19/h2-7,12-15,19H,8-11H2,1H3,(H,29,31). The third kappa shape index (κ3) is 3.87. The fourth-order valence-corrected chi connectivity index (χ4v) is 4.09. The van der Waals surface area contributed by atoms with E-state index in [-0.39, 0.29) is 17.8 Å². The Labute approximate surface area is 185 Å². The quantitative estimate of drug-likeness (QED) is 0.520. The first-order chi connectivity index (χ1) is 15.6. The normalized spacial score (nSPS) is 14.6. The van der Waals surface area contributed by atoms with Gasteiger partial charge in [-0.1, -0.05) is 24.3 Å². The first-order valence-corrected chi connectivity index (χ1v) is 10.7. The highest BCUT2D eigenvalue weighted by molar-refractivity contribution is 5.99. The van der Waals surface area contributed by atoms with Crippen molar-refractivity contribution in [2.24, 2.45) is 0 Å². The van der Waals surface area contributed by atoms with Gasteiger partial charge in [0.1, 0.15) is 5.82 Å². The van der Waals surface area contributed by atoms with Crippen LogP contribution in [0.15, 0.2) is 61.1 Å². The number of nitrogens with zero attached hydrogens (tertiary/aromatic N) is 3. The molecule has 1 aliphatic heterocycles. The number of rotatable bonds is 4. The average molecular weight is 430 g/mol. The molecule has 0 spiro atoms. The van der Waals surface area contributed by atoms with Gasteiger partial charge in [-0.05, 0) is 43.5 Å². The van der Waals surface area contributed by atoms with Crippen molar-refractivity contribution in [2.45, 2.75) is 25.8 Å². The Morgan fingerprint density at radius 3 is 2.62 bits per heavy atom. The van der Waals surface area contributed by atoms with Gasteiger partial charge in [0.2, 0.25) is 5.95 Å². The highest BCUT2D eigenvalue weighted by Gasteiger charge is 2.18. The van der Waals surface area contributed by atoms with Crippen molar-refractivity contribution in [1.29, 1.82) is 0 Å². The van der Waals surface area contributed by atoms with E-state index in [0.29, 0.717) is 35.9 Å². The van der Waals surface area contributed by atoms with Crippen molar-refractivity contribution in [3.05, 3.63) is 78.0 Å². The number of halogens is 1. The predicted octanol–water partition coefficient (Wildman–Crippen LogP) is 4.44. The number of benzene rings is 2. The summed E-state index contributed by atoms with van der Waals surface area (Å²) in [6.45, 7) is 3.35. The van der Waals surface area contributed by atoms with Crippen LogP contribution in [-0.2, 0) is 4.74 Å². The van der Waals surface area contributed by atoms with Crippen molar-refractivity contribution in [1.82, 2.24) is 19.9 Å². The van der Waals surface area contributed by atoms with Crippen LogP contribution in [0.3, 0.4) is 0 Å². The first kappa shape index (κ1) is 20.3. The molecule has 7 heteroatoms. The second kappa shape index (κ2) is 8.51. The summed E-state index contributed by atoms with van der Waals surface area (Å²) in [5, 5.41) is 4.12. The minimum absolute atomic E-state index is 0.0972. The molecule has 2 aromatic heterocycles. The Balaban J connectivity index is 1.47. The van der Waals surface area contributed by atoms with Gasteiger partial charge in [0.15, 0.2) is 0 Å². The second-order valence-electron chi connectivity index (χ2n) is 8.03. The Hall–Kier alpha value is -3.58. The number of hydrogen-bond donors (Lipinski definition) is 1. The van der Waals surface area contributed by atoms with E-state index in [1.807, 2.05) is 35.9 Å². The Morgan fingerprint density at radius 2 is 1.88 bits per heavy atom. The van der Waals surface area contributed by atoms with Gasteiger partial charge in [0.25, 0.3) is 5.91 Å². The summed E-state index contributed by atoms with van der Waals surface area (Å²) in [7, 11) is 0. The number of amides is 1. The number of aryl methyl sites for hydroxylation is 1. The summed E-state index contributed by atoms with van der Waals surface area (Å²) >= 11 is 0. The van der Waals surface area contributed by atoms with Gasteiger partial charge in [-0.25, -0.2) is 14.4 Å². The van der Waals surface area contributed by atoms with Crippen LogP contribution in [0.1, 0.15) is 28.8 Å². The van der Waals surface area contributed by atoms with Gasteiger partial charge < -0.3 is 10.1 Å². The molecule has 2 aromatic carbocycles. The van der Waals surface area contributed by atoms with Crippen LogP contribution in [0.25, 0.3) is 28.0 Å². The molecule has 1 N–H and O–H groups in total. The topological polar surface area (TPSA) is 69.0 Å². The molecule has 1 saturated heterocycles. The molecule has 0 unspecified atom stereocenters. The van der Waals surface area contributed by atoms with Gasteiger partial charge in [0.05, 0.1) is 5.52 Å². The fourth-order valence-electron chi connectivity index (χ4n) is 4.09. The van der Waals surface area contributed by atoms with Crippen LogP contribution in [0, 0.1) is 12.7 Å². The molecule has 5 rings (SSSR count). The second-order valence-corrected chi connectivity index (χ2v) is 8.03. The van der Waals surface area contributed by atoms with Crippen molar-refractivity contribution in [3.63, 3.8) is 0 Å². The van der Waals surface area contributed by atoms with Crippen molar-refractivity contribution in [3.8, 4) is 17.1 Å². The number of carbonyl (C=O) groups excluding carboxylic acids is 1. The predicted molar refractivity (Wildman–Crippen MR) is 120 cm³/mol. The van der Waals surface area contributed by atoms with Crippen LogP contribution in [-0.4, -0.2) is 39.7 Å². The molecule has 0 aliphatic carbocycles. The molecule has 0 radical (unpaired) electrons. The summed E-state index contributed by atoms with van der Waals surface area (Å²) in [4.78, 5) is 21.8. The number of hydrogen-bond acceptors (Lipinski definition) is 4. The molecule has 1 amide bonds. The van der Waals surface area contributed by atoms with E-state index in [0.717, 1.165) is 29.3 Å². The Morgan fingerprint density at radius 1 is 1.12 bits per heavy atom. The number of aromatic nitrogens is 3. The zero-order valence-corrected chi connectivity index (χ0v) is 17.7. The van der Waals surface area contributed by atoms with Crippen molar-refractivity contribution < 1.29 is 13.9 Å². The fraction of sp³-hybridized carbons (Fsp3) is 0.240. The SMILES string of the molecule is Cc1cn(-c2ncc(-c3ccccc3F)cn2)c2cc(C(=O)NC3CCOCC3)ccc12. The third-order valence-corrected chi connectivity index (χ3v) is 5.86. The molecule has 0 saturated carbocycles. The molecular formula is C25H23FN4O2. The summed E-state index contributed by atoms with van der Waals surface area (Å²) < 4.78 is 21.3. The van der Waals surface area contributed by atoms with E-state index in [2.05, 4.69) is 15.3 Å². The smallest absolute Gasteiger partial charge is 0.251 e. The molecule has 3 heterocycles. The lowest BCUT2D eigenvalue weighted by atomic mass is 10.1. The molecular weight excluding hydrogens is 407 g/mol. The van der Waals surface area contributed by atoms with Gasteiger partial charge in [-0.2, -0.15) is 0 Å². The minimum Gasteiger partial charge on any atom is -0.381 e. The number of carbonyl (C=O) groups is 1. The highest BCUT2D eigenvalue weighted by atomic mass is 19.1. The number of ether oxygens (including phenoxy) is 1. The van der Waals surface area contributed by atoms with E-state index in [4.69, 9.17) is 4.74 Å². The maximum Gasteiger partial charge on any atom is 0.251 e. The van der Waals surface area contributed by atoms with E-state index >= 15 is 0 Å². The van der Waals surface area contributed by atoms with Crippen molar-refractivity contribution in [2.75, 3.05) is 13.2 Å². The average Bonchev–Trinajstić information content (AvgIpc) is 3.16. The molecule has 32 heavy (non-hydrogen) atoms. The van der Waals surface area contributed by atoms with Gasteiger partial charge in [0, 0.05) is 59.9 Å². The number of nitrogens with one attached hydrogen (secondary N) is 1. The molecule has 0 atom stereocenters. The van der Waals surface area contributed by atoms with E-state index in [9.17, 15) is 9.18 Å². The molecule has 1 fully saturated rings. The van der Waals surface area contributed by atoms with Crippen LogP contribution < -0.4 is 5.32 Å². The third-order valence-electron chi connectivity index (χ3n) is 5.86. The molecule has 162 valence electrons. The number of fused-ring (bicyclic) bond motifs is 1. The van der Waals surface area contributed by atoms with Crippen molar-refractivity contribution >= 4 is 16.8 Å². The summed E-state index contributed by atoms with van der Waals surface area (Å²) in [6, 6.07) is 12.3. The van der Waals surface area contributed by atoms with Crippen LogP contribution >= 0.6 is 0 Å². The molecule has 4 aromatic rings. The lowest BCUT2D eigenvalue weighted by Crippen LogP contribution is -2.38. The zero-order valence-electron chi connectivity index (χ0n) is 17.7. The molecule has 6 nitrogen and oxygen atoms in total. The van der Waals surface area contributed by atoms with Crippen LogP contribution in [0.5, 0.6) is 0 Å². The first-order valence-electron chi connectivity index (χ1n) is 10.7. The Bertz CT molecular complexity index is 1280. The van der Waals surface area contributed by atoms with Gasteiger partial charge in [-0.3, -0.25) is 9.36 Å². The highest BCUT2D eigenvalue weighted by Crippen LogP contribution is 2.26.